The van der Waals surface area contributed by atoms with E-state index >= 15 is 0 Å². The van der Waals surface area contributed by atoms with Gasteiger partial charge in [0, 0.05) is 17.3 Å². The summed E-state index contributed by atoms with van der Waals surface area (Å²) in [6.07, 6.45) is 1.53. The smallest absolute Gasteiger partial charge is 0.294 e. The van der Waals surface area contributed by atoms with Gasteiger partial charge in [-0.2, -0.15) is 0 Å². The lowest BCUT2D eigenvalue weighted by molar-refractivity contribution is -0.127. The third-order valence-corrected chi connectivity index (χ3v) is 5.55. The fraction of sp³-hybridized carbons (Fsp3) is 0.125. The molecule has 0 bridgehead atoms. The number of anilines is 1. The molecule has 3 amide bonds. The topological polar surface area (TPSA) is 79.6 Å². The standard InChI is InChI=1S/C24H20N2O4S/c1-15-10-16(2)12-18(11-15)25-22(27)14-26-23(28)21(31-24(26)29)13-19-8-9-20(30-19)17-6-4-3-5-7-17/h3-13H,14H2,1-2H3,(H,25,27)/b21-13-. The maximum Gasteiger partial charge on any atom is 0.294 e. The lowest BCUT2D eigenvalue weighted by atomic mass is 10.1. The van der Waals surface area contributed by atoms with Crippen molar-refractivity contribution in [1.29, 1.82) is 0 Å². The van der Waals surface area contributed by atoms with Crippen LogP contribution in [0.15, 0.2) is 70.0 Å². The molecule has 1 fully saturated rings. The van der Waals surface area contributed by atoms with Gasteiger partial charge in [0.15, 0.2) is 0 Å². The molecule has 1 aliphatic heterocycles. The van der Waals surface area contributed by atoms with Crippen LogP contribution in [0.25, 0.3) is 17.4 Å². The molecule has 0 aliphatic carbocycles. The van der Waals surface area contributed by atoms with Crippen molar-refractivity contribution in [2.75, 3.05) is 11.9 Å². The van der Waals surface area contributed by atoms with Crippen molar-refractivity contribution >= 4 is 40.6 Å². The van der Waals surface area contributed by atoms with Crippen molar-refractivity contribution in [2.45, 2.75) is 13.8 Å². The van der Waals surface area contributed by atoms with Gasteiger partial charge in [0.1, 0.15) is 18.1 Å². The van der Waals surface area contributed by atoms with Crippen molar-refractivity contribution < 1.29 is 18.8 Å². The van der Waals surface area contributed by atoms with E-state index < -0.39 is 17.1 Å². The first-order chi connectivity index (χ1) is 14.9. The molecule has 1 saturated heterocycles. The summed E-state index contributed by atoms with van der Waals surface area (Å²) in [5, 5.41) is 2.26. The van der Waals surface area contributed by atoms with Crippen LogP contribution in [0, 0.1) is 13.8 Å². The SMILES string of the molecule is Cc1cc(C)cc(NC(=O)CN2C(=O)S/C(=C\c3ccc(-c4ccccc4)o3)C2=O)c1. The zero-order valence-electron chi connectivity index (χ0n) is 17.0. The predicted molar refractivity (Wildman–Crippen MR) is 121 cm³/mol. The third-order valence-electron chi connectivity index (χ3n) is 4.64. The molecule has 4 rings (SSSR count). The number of imide groups is 1. The van der Waals surface area contributed by atoms with Gasteiger partial charge >= 0.3 is 0 Å². The van der Waals surface area contributed by atoms with Crippen molar-refractivity contribution in [2.24, 2.45) is 0 Å². The second-order valence-electron chi connectivity index (χ2n) is 7.26. The second kappa shape index (κ2) is 8.65. The summed E-state index contributed by atoms with van der Waals surface area (Å²) < 4.78 is 5.78. The third kappa shape index (κ3) is 4.78. The van der Waals surface area contributed by atoms with E-state index in [1.54, 1.807) is 6.07 Å². The lowest BCUT2D eigenvalue weighted by Gasteiger charge is -2.13. The number of hydrogen-bond acceptors (Lipinski definition) is 5. The molecule has 2 aromatic carbocycles. The second-order valence-corrected chi connectivity index (χ2v) is 8.25. The van der Waals surface area contributed by atoms with Crippen molar-refractivity contribution in [1.82, 2.24) is 4.90 Å². The number of rotatable bonds is 5. The van der Waals surface area contributed by atoms with Crippen LogP contribution in [-0.2, 0) is 9.59 Å². The summed E-state index contributed by atoms with van der Waals surface area (Å²) in [7, 11) is 0. The minimum absolute atomic E-state index is 0.221. The summed E-state index contributed by atoms with van der Waals surface area (Å²) in [5.41, 5.74) is 3.57. The first-order valence-electron chi connectivity index (χ1n) is 9.68. The Bertz CT molecular complexity index is 1180. The molecule has 2 heterocycles. The summed E-state index contributed by atoms with van der Waals surface area (Å²) in [6, 6.07) is 18.8. The highest BCUT2D eigenvalue weighted by atomic mass is 32.2. The maximum absolute atomic E-state index is 12.7. The molecule has 3 aromatic rings. The Labute approximate surface area is 183 Å². The van der Waals surface area contributed by atoms with Gasteiger partial charge in [-0.1, -0.05) is 36.4 Å². The monoisotopic (exact) mass is 432 g/mol. The van der Waals surface area contributed by atoms with E-state index in [4.69, 9.17) is 4.42 Å². The van der Waals surface area contributed by atoms with E-state index in [0.29, 0.717) is 17.2 Å². The van der Waals surface area contributed by atoms with Gasteiger partial charge in [-0.3, -0.25) is 19.3 Å². The van der Waals surface area contributed by atoms with Crippen LogP contribution >= 0.6 is 11.8 Å². The molecule has 0 radical (unpaired) electrons. The van der Waals surface area contributed by atoms with Gasteiger partial charge in [0.2, 0.25) is 5.91 Å². The van der Waals surface area contributed by atoms with Crippen LogP contribution in [0.5, 0.6) is 0 Å². The number of furan rings is 1. The molecule has 1 N–H and O–H groups in total. The molecule has 0 saturated carbocycles. The molecular formula is C24H20N2O4S. The Morgan fingerprint density at radius 3 is 2.45 bits per heavy atom. The van der Waals surface area contributed by atoms with E-state index in [2.05, 4.69) is 5.32 Å². The van der Waals surface area contributed by atoms with Gasteiger partial charge in [0.05, 0.1) is 4.91 Å². The Hall–Kier alpha value is -3.58. The summed E-state index contributed by atoms with van der Waals surface area (Å²) in [6.45, 7) is 3.52. The normalized spacial score (nSPS) is 15.0. The van der Waals surface area contributed by atoms with Crippen molar-refractivity contribution in [3.8, 4) is 11.3 Å². The zero-order valence-corrected chi connectivity index (χ0v) is 17.9. The number of nitrogens with zero attached hydrogens (tertiary/aromatic N) is 1. The molecule has 31 heavy (non-hydrogen) atoms. The Morgan fingerprint density at radius 2 is 1.74 bits per heavy atom. The Balaban J connectivity index is 1.45. The first-order valence-corrected chi connectivity index (χ1v) is 10.5. The van der Waals surface area contributed by atoms with Crippen LogP contribution < -0.4 is 5.32 Å². The van der Waals surface area contributed by atoms with Crippen LogP contribution in [0.3, 0.4) is 0 Å². The molecule has 6 nitrogen and oxygen atoms in total. The fourth-order valence-corrected chi connectivity index (χ4v) is 4.16. The largest absolute Gasteiger partial charge is 0.457 e. The maximum atomic E-state index is 12.7. The molecular weight excluding hydrogens is 412 g/mol. The predicted octanol–water partition coefficient (Wildman–Crippen LogP) is 5.24. The van der Waals surface area contributed by atoms with E-state index in [0.717, 1.165) is 33.4 Å². The van der Waals surface area contributed by atoms with Crippen LogP contribution in [0.4, 0.5) is 10.5 Å². The van der Waals surface area contributed by atoms with Gasteiger partial charge in [-0.25, -0.2) is 0 Å². The fourth-order valence-electron chi connectivity index (χ4n) is 3.34. The average molecular weight is 433 g/mol. The molecule has 0 spiro atoms. The van der Waals surface area contributed by atoms with Crippen LogP contribution in [-0.4, -0.2) is 28.5 Å². The molecule has 1 aromatic heterocycles. The Morgan fingerprint density at radius 1 is 1.03 bits per heavy atom. The van der Waals surface area contributed by atoms with E-state index in [-0.39, 0.29) is 11.4 Å². The quantitative estimate of drug-likeness (QED) is 0.558. The van der Waals surface area contributed by atoms with Gasteiger partial charge in [-0.05, 0) is 61.0 Å². The summed E-state index contributed by atoms with van der Waals surface area (Å²) in [5.74, 6) is 0.184. The molecule has 7 heteroatoms. The zero-order chi connectivity index (χ0) is 22.0. The highest BCUT2D eigenvalue weighted by molar-refractivity contribution is 8.18. The molecule has 0 atom stereocenters. The van der Waals surface area contributed by atoms with Gasteiger partial charge in [-0.15, -0.1) is 0 Å². The minimum atomic E-state index is -0.511. The number of amides is 3. The van der Waals surface area contributed by atoms with Crippen LogP contribution in [0.1, 0.15) is 16.9 Å². The molecule has 0 unspecified atom stereocenters. The van der Waals surface area contributed by atoms with Gasteiger partial charge < -0.3 is 9.73 Å². The van der Waals surface area contributed by atoms with Crippen molar-refractivity contribution in [3.05, 3.63) is 82.5 Å². The number of carbonyl (C=O) groups excluding carboxylic acids is 3. The number of nitrogens with one attached hydrogen (secondary N) is 1. The number of benzene rings is 2. The highest BCUT2D eigenvalue weighted by Gasteiger charge is 2.36. The molecule has 156 valence electrons. The van der Waals surface area contributed by atoms with Crippen molar-refractivity contribution in [3.63, 3.8) is 0 Å². The number of hydrogen-bond donors (Lipinski definition) is 1. The number of carbonyl (C=O) groups is 3. The summed E-state index contributed by atoms with van der Waals surface area (Å²) in [4.78, 5) is 38.6. The first kappa shape index (κ1) is 20.7. The number of aryl methyl sites for hydroxylation is 2. The Kier molecular flexibility index (Phi) is 5.77. The van der Waals surface area contributed by atoms with E-state index in [1.165, 1.54) is 6.08 Å². The average Bonchev–Trinajstić information content (AvgIpc) is 3.28. The molecule has 1 aliphatic rings. The van der Waals surface area contributed by atoms with Gasteiger partial charge in [0.25, 0.3) is 11.1 Å². The highest BCUT2D eigenvalue weighted by Crippen LogP contribution is 2.33. The summed E-state index contributed by atoms with van der Waals surface area (Å²) >= 11 is 0.793. The number of thioether (sulfide) groups is 1. The van der Waals surface area contributed by atoms with Crippen LogP contribution in [0.2, 0.25) is 0 Å². The lowest BCUT2D eigenvalue weighted by Crippen LogP contribution is -2.36. The minimum Gasteiger partial charge on any atom is -0.457 e. The van der Waals surface area contributed by atoms with E-state index in [1.807, 2.05) is 68.4 Å². The van der Waals surface area contributed by atoms with E-state index in [9.17, 15) is 14.4 Å².